The summed E-state index contributed by atoms with van der Waals surface area (Å²) >= 11 is 0. The first-order valence-corrected chi connectivity index (χ1v) is 8.68. The Kier molecular flexibility index (Phi) is 5.48. The van der Waals surface area contributed by atoms with Gasteiger partial charge >= 0.3 is 6.09 Å². The lowest BCUT2D eigenvalue weighted by Gasteiger charge is -2.38. The minimum atomic E-state index is -0.824. The highest BCUT2D eigenvalue weighted by molar-refractivity contribution is 5.65. The van der Waals surface area contributed by atoms with E-state index >= 15 is 0 Å². The first-order chi connectivity index (χ1) is 12.1. The Morgan fingerprint density at radius 2 is 2.00 bits per heavy atom. The summed E-state index contributed by atoms with van der Waals surface area (Å²) in [5.41, 5.74) is 2.40. The maximum atomic E-state index is 11.6. The largest absolute Gasteiger partial charge is 0.465 e. The molecule has 1 fully saturated rings. The second kappa shape index (κ2) is 7.96. The standard InChI is InChI=1S/C19H24N4O2/c1-14-3-5-15(6-4-14)11-17-12-16(7-10-23(17)19(24)25)13-22-18-20-8-2-9-21-18/h2-6,8-9,16-17H,7,10-13H2,1H3,(H,24,25)(H,20,21,22). The van der Waals surface area contributed by atoms with Gasteiger partial charge in [-0.05, 0) is 43.7 Å². The van der Waals surface area contributed by atoms with E-state index in [1.165, 1.54) is 11.1 Å². The summed E-state index contributed by atoms with van der Waals surface area (Å²) in [6.07, 6.45) is 5.06. The van der Waals surface area contributed by atoms with Crippen LogP contribution in [0.1, 0.15) is 24.0 Å². The molecule has 1 aromatic heterocycles. The average Bonchev–Trinajstić information content (AvgIpc) is 2.63. The molecular weight excluding hydrogens is 316 g/mol. The summed E-state index contributed by atoms with van der Waals surface area (Å²) in [4.78, 5) is 21.5. The number of carbonyl (C=O) groups is 1. The van der Waals surface area contributed by atoms with E-state index in [0.29, 0.717) is 18.4 Å². The highest BCUT2D eigenvalue weighted by Gasteiger charge is 2.31. The van der Waals surface area contributed by atoms with Crippen LogP contribution in [0, 0.1) is 12.8 Å². The molecule has 1 aromatic carbocycles. The second-order valence-electron chi connectivity index (χ2n) is 6.66. The van der Waals surface area contributed by atoms with Crippen LogP contribution in [0.3, 0.4) is 0 Å². The van der Waals surface area contributed by atoms with E-state index in [1.54, 1.807) is 23.4 Å². The molecule has 0 radical (unpaired) electrons. The third-order valence-corrected chi connectivity index (χ3v) is 4.78. The fourth-order valence-electron chi connectivity index (χ4n) is 3.39. The van der Waals surface area contributed by atoms with Crippen molar-refractivity contribution in [2.75, 3.05) is 18.4 Å². The summed E-state index contributed by atoms with van der Waals surface area (Å²) in [5.74, 6) is 1.04. The van der Waals surface area contributed by atoms with Crippen molar-refractivity contribution in [3.8, 4) is 0 Å². The number of piperidine rings is 1. The quantitative estimate of drug-likeness (QED) is 0.874. The van der Waals surface area contributed by atoms with Gasteiger partial charge in [-0.1, -0.05) is 29.8 Å². The van der Waals surface area contributed by atoms with Crippen LogP contribution in [0.4, 0.5) is 10.7 Å². The molecule has 6 heteroatoms. The number of aryl methyl sites for hydroxylation is 1. The minimum Gasteiger partial charge on any atom is -0.465 e. The number of likely N-dealkylation sites (tertiary alicyclic amines) is 1. The molecule has 0 bridgehead atoms. The number of anilines is 1. The zero-order valence-corrected chi connectivity index (χ0v) is 14.4. The lowest BCUT2D eigenvalue weighted by Crippen LogP contribution is -2.47. The zero-order chi connectivity index (χ0) is 17.6. The molecule has 25 heavy (non-hydrogen) atoms. The van der Waals surface area contributed by atoms with Gasteiger partial charge in [0.25, 0.3) is 0 Å². The van der Waals surface area contributed by atoms with Gasteiger partial charge in [0.1, 0.15) is 0 Å². The zero-order valence-electron chi connectivity index (χ0n) is 14.4. The highest BCUT2D eigenvalue weighted by Crippen LogP contribution is 2.26. The monoisotopic (exact) mass is 340 g/mol. The van der Waals surface area contributed by atoms with E-state index in [1.807, 2.05) is 0 Å². The molecule has 1 aliphatic rings. The topological polar surface area (TPSA) is 78.4 Å². The van der Waals surface area contributed by atoms with E-state index in [9.17, 15) is 9.90 Å². The second-order valence-corrected chi connectivity index (χ2v) is 6.66. The molecule has 0 aliphatic carbocycles. The molecule has 1 amide bonds. The van der Waals surface area contributed by atoms with E-state index in [2.05, 4.69) is 46.5 Å². The maximum absolute atomic E-state index is 11.6. The molecule has 2 unspecified atom stereocenters. The van der Waals surface area contributed by atoms with Crippen LogP contribution in [0.2, 0.25) is 0 Å². The number of nitrogens with one attached hydrogen (secondary N) is 1. The fraction of sp³-hybridized carbons (Fsp3) is 0.421. The van der Waals surface area contributed by atoms with Crippen LogP contribution in [-0.2, 0) is 6.42 Å². The van der Waals surface area contributed by atoms with Crippen LogP contribution in [0.25, 0.3) is 0 Å². The van der Waals surface area contributed by atoms with Crippen LogP contribution in [0.15, 0.2) is 42.7 Å². The number of hydrogen-bond donors (Lipinski definition) is 2. The van der Waals surface area contributed by atoms with Crippen molar-refractivity contribution in [2.24, 2.45) is 5.92 Å². The Bertz CT molecular complexity index is 690. The Morgan fingerprint density at radius 1 is 1.28 bits per heavy atom. The van der Waals surface area contributed by atoms with Gasteiger partial charge in [0, 0.05) is 31.5 Å². The fourth-order valence-corrected chi connectivity index (χ4v) is 3.39. The minimum absolute atomic E-state index is 0.0115. The Labute approximate surface area is 147 Å². The van der Waals surface area contributed by atoms with Crippen LogP contribution in [0.5, 0.6) is 0 Å². The van der Waals surface area contributed by atoms with Gasteiger partial charge in [0.15, 0.2) is 0 Å². The maximum Gasteiger partial charge on any atom is 0.407 e. The lowest BCUT2D eigenvalue weighted by atomic mass is 9.87. The molecule has 2 heterocycles. The van der Waals surface area contributed by atoms with Crippen molar-refractivity contribution >= 4 is 12.0 Å². The van der Waals surface area contributed by atoms with Gasteiger partial charge in [-0.2, -0.15) is 0 Å². The van der Waals surface area contributed by atoms with E-state index in [4.69, 9.17) is 0 Å². The average molecular weight is 340 g/mol. The third kappa shape index (κ3) is 4.68. The normalized spacial score (nSPS) is 20.3. The molecule has 2 N–H and O–H groups in total. The van der Waals surface area contributed by atoms with Gasteiger partial charge in [-0.3, -0.25) is 0 Å². The Morgan fingerprint density at radius 3 is 2.68 bits per heavy atom. The summed E-state index contributed by atoms with van der Waals surface area (Å²) in [6, 6.07) is 10.1. The number of carboxylic acid groups (broad SMARTS) is 1. The molecule has 132 valence electrons. The van der Waals surface area contributed by atoms with Gasteiger partial charge in [-0.25, -0.2) is 14.8 Å². The van der Waals surface area contributed by atoms with Gasteiger partial charge < -0.3 is 15.3 Å². The van der Waals surface area contributed by atoms with Crippen molar-refractivity contribution in [1.29, 1.82) is 0 Å². The molecular formula is C19H24N4O2. The van der Waals surface area contributed by atoms with E-state index < -0.39 is 6.09 Å². The molecule has 3 rings (SSSR count). The van der Waals surface area contributed by atoms with Crippen molar-refractivity contribution in [1.82, 2.24) is 14.9 Å². The summed E-state index contributed by atoms with van der Waals surface area (Å²) in [5, 5.41) is 12.8. The predicted octanol–water partition coefficient (Wildman–Crippen LogP) is 3.20. The van der Waals surface area contributed by atoms with Gasteiger partial charge in [0.2, 0.25) is 5.95 Å². The molecule has 2 aromatic rings. The van der Waals surface area contributed by atoms with Crippen molar-refractivity contribution in [3.05, 3.63) is 53.9 Å². The molecule has 2 atom stereocenters. The van der Waals surface area contributed by atoms with Crippen molar-refractivity contribution in [2.45, 2.75) is 32.2 Å². The third-order valence-electron chi connectivity index (χ3n) is 4.78. The smallest absolute Gasteiger partial charge is 0.407 e. The van der Waals surface area contributed by atoms with Crippen LogP contribution in [-0.4, -0.2) is 45.2 Å². The molecule has 6 nitrogen and oxygen atoms in total. The van der Waals surface area contributed by atoms with Gasteiger partial charge in [-0.15, -0.1) is 0 Å². The number of amides is 1. The Hall–Kier alpha value is -2.63. The number of rotatable bonds is 5. The number of benzene rings is 1. The first-order valence-electron chi connectivity index (χ1n) is 8.68. The number of hydrogen-bond acceptors (Lipinski definition) is 4. The van der Waals surface area contributed by atoms with E-state index in [0.717, 1.165) is 25.8 Å². The summed E-state index contributed by atoms with van der Waals surface area (Å²) in [6.45, 7) is 3.40. The predicted molar refractivity (Wildman–Crippen MR) is 96.6 cm³/mol. The van der Waals surface area contributed by atoms with Crippen LogP contribution < -0.4 is 5.32 Å². The first kappa shape index (κ1) is 17.2. The molecule has 1 saturated heterocycles. The number of nitrogens with zero attached hydrogens (tertiary/aromatic N) is 3. The van der Waals surface area contributed by atoms with Crippen molar-refractivity contribution in [3.63, 3.8) is 0 Å². The SMILES string of the molecule is Cc1ccc(CC2CC(CNc3ncccn3)CCN2C(=O)O)cc1. The molecule has 1 aliphatic heterocycles. The molecule has 0 saturated carbocycles. The summed E-state index contributed by atoms with van der Waals surface area (Å²) < 4.78 is 0. The van der Waals surface area contributed by atoms with Crippen molar-refractivity contribution < 1.29 is 9.90 Å². The number of aromatic nitrogens is 2. The lowest BCUT2D eigenvalue weighted by molar-refractivity contribution is 0.0917. The Balaban J connectivity index is 1.62. The highest BCUT2D eigenvalue weighted by atomic mass is 16.4. The van der Waals surface area contributed by atoms with E-state index in [-0.39, 0.29) is 6.04 Å². The summed E-state index contributed by atoms with van der Waals surface area (Å²) in [7, 11) is 0. The molecule has 0 spiro atoms. The van der Waals surface area contributed by atoms with Crippen LogP contribution >= 0.6 is 0 Å². The van der Waals surface area contributed by atoms with Gasteiger partial charge in [0.05, 0.1) is 0 Å².